The molecule has 0 spiro atoms. The van der Waals surface area contributed by atoms with E-state index in [2.05, 4.69) is 22.3 Å². The first kappa shape index (κ1) is 17.7. The molecule has 1 N–H and O–H groups in total. The third kappa shape index (κ3) is 4.27. The fourth-order valence-corrected chi connectivity index (χ4v) is 2.96. The minimum absolute atomic E-state index is 0.00244. The van der Waals surface area contributed by atoms with Gasteiger partial charge in [0.05, 0.1) is 24.5 Å². The van der Waals surface area contributed by atoms with E-state index in [1.807, 2.05) is 53.3 Å². The van der Waals surface area contributed by atoms with Gasteiger partial charge in [0.1, 0.15) is 0 Å². The molecule has 2 amide bonds. The number of rotatable bonds is 6. The molecular formula is C20H23N5O. The molecule has 134 valence electrons. The molecule has 0 aliphatic heterocycles. The van der Waals surface area contributed by atoms with Gasteiger partial charge in [-0.05, 0) is 29.7 Å². The minimum atomic E-state index is -0.159. The summed E-state index contributed by atoms with van der Waals surface area (Å²) in [6.07, 6.45) is 7.82. The molecule has 26 heavy (non-hydrogen) atoms. The van der Waals surface area contributed by atoms with Crippen LogP contribution in [0.25, 0.3) is 0 Å². The lowest BCUT2D eigenvalue weighted by Gasteiger charge is -2.27. The van der Waals surface area contributed by atoms with Gasteiger partial charge < -0.3 is 10.2 Å². The Hall–Kier alpha value is -3.15. The lowest BCUT2D eigenvalue weighted by atomic mass is 10.1. The van der Waals surface area contributed by atoms with Crippen LogP contribution in [-0.4, -0.2) is 32.7 Å². The number of nitrogens with zero attached hydrogens (tertiary/aromatic N) is 4. The number of carbonyl (C=O) groups excluding carboxylic acids is 1. The van der Waals surface area contributed by atoms with E-state index in [0.29, 0.717) is 12.2 Å². The lowest BCUT2D eigenvalue weighted by Crippen LogP contribution is -2.34. The van der Waals surface area contributed by atoms with Gasteiger partial charge in [0.15, 0.2) is 0 Å². The smallest absolute Gasteiger partial charge is 0.321 e. The SMILES string of the molecule is CC[C@H](c1ccncc1)N(C)C(=O)Nc1cnn(Cc2ccccc2)c1. The zero-order chi connectivity index (χ0) is 18.4. The van der Waals surface area contributed by atoms with E-state index in [4.69, 9.17) is 0 Å². The summed E-state index contributed by atoms with van der Waals surface area (Å²) in [5, 5.41) is 7.24. The molecule has 0 saturated heterocycles. The summed E-state index contributed by atoms with van der Waals surface area (Å²) in [5.74, 6) is 0. The number of hydrogen-bond acceptors (Lipinski definition) is 3. The van der Waals surface area contributed by atoms with Crippen LogP contribution in [0.4, 0.5) is 10.5 Å². The Kier molecular flexibility index (Phi) is 5.63. The van der Waals surface area contributed by atoms with Gasteiger partial charge in [0.2, 0.25) is 0 Å². The summed E-state index contributed by atoms with van der Waals surface area (Å²) in [5.41, 5.74) is 2.91. The average molecular weight is 349 g/mol. The normalized spacial score (nSPS) is 11.8. The average Bonchev–Trinajstić information content (AvgIpc) is 3.10. The van der Waals surface area contributed by atoms with Crippen LogP contribution in [0.3, 0.4) is 0 Å². The fourth-order valence-electron chi connectivity index (χ4n) is 2.96. The monoisotopic (exact) mass is 349 g/mol. The van der Waals surface area contributed by atoms with Gasteiger partial charge >= 0.3 is 6.03 Å². The van der Waals surface area contributed by atoms with Gasteiger partial charge in [-0.2, -0.15) is 5.10 Å². The highest BCUT2D eigenvalue weighted by atomic mass is 16.2. The van der Waals surface area contributed by atoms with E-state index in [9.17, 15) is 4.79 Å². The van der Waals surface area contributed by atoms with E-state index in [-0.39, 0.29) is 12.1 Å². The topological polar surface area (TPSA) is 63.1 Å². The van der Waals surface area contributed by atoms with Crippen LogP contribution in [0.1, 0.15) is 30.5 Å². The summed E-state index contributed by atoms with van der Waals surface area (Å²) < 4.78 is 1.81. The Morgan fingerprint density at radius 1 is 1.19 bits per heavy atom. The molecule has 3 rings (SSSR count). The van der Waals surface area contributed by atoms with Crippen molar-refractivity contribution in [2.75, 3.05) is 12.4 Å². The van der Waals surface area contributed by atoms with Crippen molar-refractivity contribution >= 4 is 11.7 Å². The van der Waals surface area contributed by atoms with Crippen LogP contribution in [0.15, 0.2) is 67.3 Å². The van der Waals surface area contributed by atoms with Crippen molar-refractivity contribution in [3.8, 4) is 0 Å². The molecule has 6 heteroatoms. The molecule has 2 heterocycles. The van der Waals surface area contributed by atoms with Crippen molar-refractivity contribution in [1.82, 2.24) is 19.7 Å². The van der Waals surface area contributed by atoms with Crippen molar-refractivity contribution in [3.63, 3.8) is 0 Å². The molecule has 0 saturated carbocycles. The van der Waals surface area contributed by atoms with Crippen LogP contribution < -0.4 is 5.32 Å². The maximum atomic E-state index is 12.6. The zero-order valence-electron chi connectivity index (χ0n) is 15.0. The fraction of sp³-hybridized carbons (Fsp3) is 0.250. The molecule has 1 atom stereocenters. The first-order valence-corrected chi connectivity index (χ1v) is 8.67. The number of aromatic nitrogens is 3. The molecule has 0 aliphatic carbocycles. The van der Waals surface area contributed by atoms with Crippen molar-refractivity contribution in [2.24, 2.45) is 0 Å². The van der Waals surface area contributed by atoms with Crippen LogP contribution in [-0.2, 0) is 6.54 Å². The van der Waals surface area contributed by atoms with E-state index in [0.717, 1.165) is 17.5 Å². The Morgan fingerprint density at radius 3 is 2.62 bits per heavy atom. The molecule has 0 radical (unpaired) electrons. The second-order valence-corrected chi connectivity index (χ2v) is 6.16. The summed E-state index contributed by atoms with van der Waals surface area (Å²) in [4.78, 5) is 18.4. The molecule has 0 aliphatic rings. The second-order valence-electron chi connectivity index (χ2n) is 6.16. The Morgan fingerprint density at radius 2 is 1.92 bits per heavy atom. The van der Waals surface area contributed by atoms with Gasteiger partial charge in [-0.3, -0.25) is 9.67 Å². The minimum Gasteiger partial charge on any atom is -0.321 e. The Labute approximate surface area is 153 Å². The van der Waals surface area contributed by atoms with Crippen molar-refractivity contribution in [2.45, 2.75) is 25.9 Å². The maximum Gasteiger partial charge on any atom is 0.322 e. The largest absolute Gasteiger partial charge is 0.322 e. The van der Waals surface area contributed by atoms with Gasteiger partial charge in [-0.25, -0.2) is 4.79 Å². The highest BCUT2D eigenvalue weighted by Crippen LogP contribution is 2.23. The van der Waals surface area contributed by atoms with Crippen molar-refractivity contribution in [3.05, 3.63) is 78.4 Å². The van der Waals surface area contributed by atoms with E-state index in [1.54, 1.807) is 30.5 Å². The molecule has 0 unspecified atom stereocenters. The number of benzene rings is 1. The number of hydrogen-bond donors (Lipinski definition) is 1. The van der Waals surface area contributed by atoms with Gasteiger partial charge in [0.25, 0.3) is 0 Å². The third-order valence-corrected chi connectivity index (χ3v) is 4.34. The quantitative estimate of drug-likeness (QED) is 0.733. The van der Waals surface area contributed by atoms with E-state index >= 15 is 0 Å². The molecule has 0 bridgehead atoms. The van der Waals surface area contributed by atoms with E-state index in [1.165, 1.54) is 0 Å². The van der Waals surface area contributed by atoms with Crippen LogP contribution in [0.5, 0.6) is 0 Å². The van der Waals surface area contributed by atoms with Crippen LogP contribution in [0.2, 0.25) is 0 Å². The van der Waals surface area contributed by atoms with E-state index < -0.39 is 0 Å². The van der Waals surface area contributed by atoms with Crippen molar-refractivity contribution < 1.29 is 4.79 Å². The standard InChI is InChI=1S/C20H23N5O/c1-3-19(17-9-11-21-12-10-17)24(2)20(26)23-18-13-22-25(15-18)14-16-7-5-4-6-8-16/h4-13,15,19H,3,14H2,1-2H3,(H,23,26)/t19-/m1/s1. The van der Waals surface area contributed by atoms with Gasteiger partial charge in [0, 0.05) is 25.6 Å². The number of anilines is 1. The highest BCUT2D eigenvalue weighted by Gasteiger charge is 2.20. The number of urea groups is 1. The van der Waals surface area contributed by atoms with Crippen LogP contribution >= 0.6 is 0 Å². The predicted octanol–water partition coefficient (Wildman–Crippen LogP) is 3.94. The number of carbonyl (C=O) groups is 1. The Bertz CT molecular complexity index is 832. The molecule has 2 aromatic heterocycles. The molecule has 0 fully saturated rings. The summed E-state index contributed by atoms with van der Waals surface area (Å²) in [6.45, 7) is 2.73. The first-order valence-electron chi connectivity index (χ1n) is 8.67. The first-order chi connectivity index (χ1) is 12.7. The Balaban J connectivity index is 1.64. The maximum absolute atomic E-state index is 12.6. The predicted molar refractivity (Wildman–Crippen MR) is 102 cm³/mol. The van der Waals surface area contributed by atoms with Crippen molar-refractivity contribution in [1.29, 1.82) is 0 Å². The van der Waals surface area contributed by atoms with Crippen LogP contribution in [0, 0.1) is 0 Å². The zero-order valence-corrected chi connectivity index (χ0v) is 15.0. The summed E-state index contributed by atoms with van der Waals surface area (Å²) >= 11 is 0. The molecule has 3 aromatic rings. The number of amides is 2. The second kappa shape index (κ2) is 8.29. The van der Waals surface area contributed by atoms with Gasteiger partial charge in [-0.1, -0.05) is 37.3 Å². The molecule has 6 nitrogen and oxygen atoms in total. The highest BCUT2D eigenvalue weighted by molar-refractivity contribution is 5.89. The van der Waals surface area contributed by atoms with Gasteiger partial charge in [-0.15, -0.1) is 0 Å². The summed E-state index contributed by atoms with van der Waals surface area (Å²) in [7, 11) is 1.80. The lowest BCUT2D eigenvalue weighted by molar-refractivity contribution is 0.202. The number of nitrogens with one attached hydrogen (secondary N) is 1. The third-order valence-electron chi connectivity index (χ3n) is 4.34. The summed E-state index contributed by atoms with van der Waals surface area (Å²) in [6, 6.07) is 13.8. The molecular weight excluding hydrogens is 326 g/mol. The number of pyridine rings is 1. The molecule has 1 aromatic carbocycles.